The fourth-order valence-electron chi connectivity index (χ4n) is 1.34. The first-order valence-electron chi connectivity index (χ1n) is 4.53. The topological polar surface area (TPSA) is 41.6 Å². The molecule has 1 rings (SSSR count). The molecule has 4 nitrogen and oxygen atoms in total. The van der Waals surface area contributed by atoms with Crippen molar-refractivity contribution in [3.05, 3.63) is 0 Å². The number of carbonyl (C=O) groups is 1. The van der Waals surface area contributed by atoms with Gasteiger partial charge < -0.3 is 10.1 Å². The van der Waals surface area contributed by atoms with Gasteiger partial charge in [0, 0.05) is 18.6 Å². The molecule has 0 aromatic rings. The molecular formula is C9H18N2O2. The monoisotopic (exact) mass is 186 g/mol. The first kappa shape index (κ1) is 10.3. The summed E-state index contributed by atoms with van der Waals surface area (Å²) in [6.45, 7) is 8.33. The van der Waals surface area contributed by atoms with Crippen molar-refractivity contribution in [1.29, 1.82) is 0 Å². The van der Waals surface area contributed by atoms with Gasteiger partial charge in [0.25, 0.3) is 0 Å². The van der Waals surface area contributed by atoms with E-state index >= 15 is 0 Å². The molecule has 0 aromatic heterocycles. The number of amides is 1. The lowest BCUT2D eigenvalue weighted by atomic mass is 9.98. The van der Waals surface area contributed by atoms with Gasteiger partial charge in [-0.25, -0.2) is 4.79 Å². The molecule has 0 atom stereocenters. The molecule has 0 saturated carbocycles. The molecule has 1 aliphatic rings. The van der Waals surface area contributed by atoms with E-state index in [-0.39, 0.29) is 17.7 Å². The number of ether oxygens (including phenoxy) is 1. The van der Waals surface area contributed by atoms with E-state index in [1.54, 1.807) is 0 Å². The standard InChI is InChI=1S/C9H18N2O2/c1-9(2,3)11-5-7(6-11)10-8(12)13-4/h7H,5-6H2,1-4H3,(H,10,12). The van der Waals surface area contributed by atoms with E-state index < -0.39 is 0 Å². The minimum absolute atomic E-state index is 0.203. The second-order valence-electron chi connectivity index (χ2n) is 4.41. The Morgan fingerprint density at radius 3 is 2.38 bits per heavy atom. The van der Waals surface area contributed by atoms with Crippen LogP contribution in [0.4, 0.5) is 4.79 Å². The van der Waals surface area contributed by atoms with Crippen LogP contribution >= 0.6 is 0 Å². The van der Waals surface area contributed by atoms with Gasteiger partial charge in [0.15, 0.2) is 0 Å². The number of rotatable bonds is 1. The van der Waals surface area contributed by atoms with Crippen LogP contribution in [0.5, 0.6) is 0 Å². The van der Waals surface area contributed by atoms with Crippen molar-refractivity contribution in [3.8, 4) is 0 Å². The van der Waals surface area contributed by atoms with E-state index in [2.05, 4.69) is 35.7 Å². The Bertz CT molecular complexity index is 192. The summed E-state index contributed by atoms with van der Waals surface area (Å²) < 4.78 is 4.51. The minimum Gasteiger partial charge on any atom is -0.453 e. The summed E-state index contributed by atoms with van der Waals surface area (Å²) in [5, 5.41) is 2.77. The van der Waals surface area contributed by atoms with Crippen LogP contribution in [-0.2, 0) is 4.74 Å². The van der Waals surface area contributed by atoms with Gasteiger partial charge in [0.05, 0.1) is 13.2 Å². The Balaban J connectivity index is 2.22. The normalized spacial score (nSPS) is 19.4. The van der Waals surface area contributed by atoms with Crippen molar-refractivity contribution in [3.63, 3.8) is 0 Å². The molecule has 1 heterocycles. The summed E-state index contributed by atoms with van der Waals surface area (Å²) in [6.07, 6.45) is -0.335. The summed E-state index contributed by atoms with van der Waals surface area (Å²) in [5.74, 6) is 0. The van der Waals surface area contributed by atoms with E-state index in [4.69, 9.17) is 0 Å². The maximum absolute atomic E-state index is 10.8. The smallest absolute Gasteiger partial charge is 0.407 e. The molecule has 0 aliphatic carbocycles. The van der Waals surface area contributed by atoms with Crippen molar-refractivity contribution < 1.29 is 9.53 Å². The molecule has 1 aliphatic heterocycles. The van der Waals surface area contributed by atoms with Crippen molar-refractivity contribution in [2.24, 2.45) is 0 Å². The molecule has 13 heavy (non-hydrogen) atoms. The number of hydrogen-bond acceptors (Lipinski definition) is 3. The number of nitrogens with one attached hydrogen (secondary N) is 1. The highest BCUT2D eigenvalue weighted by Crippen LogP contribution is 2.20. The van der Waals surface area contributed by atoms with Crippen LogP contribution in [0.25, 0.3) is 0 Å². The average Bonchev–Trinajstić information content (AvgIpc) is 1.92. The maximum Gasteiger partial charge on any atom is 0.407 e. The summed E-state index contributed by atoms with van der Waals surface area (Å²) in [5.41, 5.74) is 0.203. The number of methoxy groups -OCH3 is 1. The van der Waals surface area contributed by atoms with Gasteiger partial charge in [-0.2, -0.15) is 0 Å². The van der Waals surface area contributed by atoms with Crippen molar-refractivity contribution in [2.75, 3.05) is 20.2 Å². The number of alkyl carbamates (subject to hydrolysis) is 1. The first-order chi connectivity index (χ1) is 5.93. The molecule has 0 spiro atoms. The Kier molecular flexibility index (Phi) is 2.81. The maximum atomic E-state index is 10.8. The molecular weight excluding hydrogens is 168 g/mol. The highest BCUT2D eigenvalue weighted by Gasteiger charge is 2.35. The van der Waals surface area contributed by atoms with Crippen LogP contribution in [0.15, 0.2) is 0 Å². The third-order valence-electron chi connectivity index (χ3n) is 2.34. The second kappa shape index (κ2) is 3.54. The van der Waals surface area contributed by atoms with Crippen LogP contribution in [0.1, 0.15) is 20.8 Å². The lowest BCUT2D eigenvalue weighted by Crippen LogP contribution is -2.64. The fraction of sp³-hybridized carbons (Fsp3) is 0.889. The predicted molar refractivity (Wildman–Crippen MR) is 50.7 cm³/mol. The van der Waals surface area contributed by atoms with Crippen molar-refractivity contribution >= 4 is 6.09 Å². The Morgan fingerprint density at radius 1 is 1.46 bits per heavy atom. The molecule has 0 bridgehead atoms. The summed E-state index contributed by atoms with van der Waals surface area (Å²) in [7, 11) is 1.38. The molecule has 1 amide bonds. The van der Waals surface area contributed by atoms with Crippen molar-refractivity contribution in [2.45, 2.75) is 32.4 Å². The van der Waals surface area contributed by atoms with Crippen LogP contribution in [0.2, 0.25) is 0 Å². The minimum atomic E-state index is -0.335. The van der Waals surface area contributed by atoms with Gasteiger partial charge in [0.2, 0.25) is 0 Å². The zero-order valence-electron chi connectivity index (χ0n) is 8.76. The Labute approximate surface area is 79.2 Å². The average molecular weight is 186 g/mol. The summed E-state index contributed by atoms with van der Waals surface area (Å²) >= 11 is 0. The summed E-state index contributed by atoms with van der Waals surface area (Å²) in [6, 6.07) is 0.256. The van der Waals surface area contributed by atoms with E-state index in [0.29, 0.717) is 0 Å². The molecule has 1 fully saturated rings. The number of likely N-dealkylation sites (tertiary alicyclic amines) is 1. The number of nitrogens with zero attached hydrogens (tertiary/aromatic N) is 1. The first-order valence-corrected chi connectivity index (χ1v) is 4.53. The second-order valence-corrected chi connectivity index (χ2v) is 4.41. The molecule has 76 valence electrons. The third kappa shape index (κ3) is 2.59. The molecule has 1 saturated heterocycles. The summed E-state index contributed by atoms with van der Waals surface area (Å²) in [4.78, 5) is 13.1. The van der Waals surface area contributed by atoms with Gasteiger partial charge in [-0.15, -0.1) is 0 Å². The molecule has 0 unspecified atom stereocenters. The van der Waals surface area contributed by atoms with Gasteiger partial charge in [0.1, 0.15) is 0 Å². The van der Waals surface area contributed by atoms with E-state index in [9.17, 15) is 4.79 Å². The van der Waals surface area contributed by atoms with Gasteiger partial charge >= 0.3 is 6.09 Å². The van der Waals surface area contributed by atoms with E-state index in [1.165, 1.54) is 7.11 Å². The molecule has 0 radical (unpaired) electrons. The highest BCUT2D eigenvalue weighted by atomic mass is 16.5. The Morgan fingerprint density at radius 2 is 2.00 bits per heavy atom. The van der Waals surface area contributed by atoms with Crippen LogP contribution in [0.3, 0.4) is 0 Å². The van der Waals surface area contributed by atoms with Crippen LogP contribution < -0.4 is 5.32 Å². The highest BCUT2D eigenvalue weighted by molar-refractivity contribution is 5.67. The van der Waals surface area contributed by atoms with Crippen LogP contribution in [0, 0.1) is 0 Å². The lowest BCUT2D eigenvalue weighted by Gasteiger charge is -2.47. The van der Waals surface area contributed by atoms with E-state index in [0.717, 1.165) is 13.1 Å². The largest absolute Gasteiger partial charge is 0.453 e. The Hall–Kier alpha value is -0.770. The zero-order valence-corrected chi connectivity index (χ0v) is 8.76. The zero-order chi connectivity index (χ0) is 10.1. The van der Waals surface area contributed by atoms with Gasteiger partial charge in [-0.3, -0.25) is 4.90 Å². The number of carbonyl (C=O) groups excluding carboxylic acids is 1. The van der Waals surface area contributed by atoms with Gasteiger partial charge in [-0.05, 0) is 20.8 Å². The molecule has 0 aromatic carbocycles. The lowest BCUT2D eigenvalue weighted by molar-refractivity contribution is 0.0342. The van der Waals surface area contributed by atoms with Gasteiger partial charge in [-0.1, -0.05) is 0 Å². The SMILES string of the molecule is COC(=O)NC1CN(C(C)(C)C)C1. The molecule has 1 N–H and O–H groups in total. The quantitative estimate of drug-likeness (QED) is 0.659. The molecule has 4 heteroatoms. The predicted octanol–water partition coefficient (Wildman–Crippen LogP) is 0.825. The van der Waals surface area contributed by atoms with Crippen molar-refractivity contribution in [1.82, 2.24) is 10.2 Å². The van der Waals surface area contributed by atoms with Crippen LogP contribution in [-0.4, -0.2) is 42.8 Å². The van der Waals surface area contributed by atoms with E-state index in [1.807, 2.05) is 0 Å². The number of hydrogen-bond donors (Lipinski definition) is 1. The third-order valence-corrected chi connectivity index (χ3v) is 2.34. The fourth-order valence-corrected chi connectivity index (χ4v) is 1.34.